The van der Waals surface area contributed by atoms with Gasteiger partial charge in [-0.05, 0) is 55.2 Å². The standard InChI is InChI=1S/C21H25BrClNO3/c1-5-9-27-20-17(23)10-14(11-19(20)26-6-2)21(25)24-18-8-7-15(22)12-16(18)13(3)4/h7-8,10-13H,5-6,9H2,1-4H3,(H,24,25). The van der Waals surface area contributed by atoms with Crippen LogP contribution in [0.1, 0.15) is 56.0 Å². The Hall–Kier alpha value is -1.72. The van der Waals surface area contributed by atoms with Crippen molar-refractivity contribution in [3.63, 3.8) is 0 Å². The number of anilines is 1. The molecule has 0 spiro atoms. The number of carbonyl (C=O) groups is 1. The molecule has 6 heteroatoms. The second-order valence-electron chi connectivity index (χ2n) is 6.41. The lowest BCUT2D eigenvalue weighted by molar-refractivity contribution is 0.102. The molecule has 0 unspecified atom stereocenters. The molecule has 2 rings (SSSR count). The first-order chi connectivity index (χ1) is 12.9. The first kappa shape index (κ1) is 21.6. The summed E-state index contributed by atoms with van der Waals surface area (Å²) in [6, 6.07) is 9.09. The van der Waals surface area contributed by atoms with Gasteiger partial charge in [0, 0.05) is 15.7 Å². The lowest BCUT2D eigenvalue weighted by Gasteiger charge is -2.17. The van der Waals surface area contributed by atoms with Crippen LogP contribution in [0.2, 0.25) is 5.02 Å². The van der Waals surface area contributed by atoms with Crippen molar-refractivity contribution >= 4 is 39.1 Å². The van der Waals surface area contributed by atoms with Crippen LogP contribution in [0.4, 0.5) is 5.69 Å². The maximum absolute atomic E-state index is 12.8. The van der Waals surface area contributed by atoms with E-state index >= 15 is 0 Å². The van der Waals surface area contributed by atoms with E-state index in [1.807, 2.05) is 32.0 Å². The summed E-state index contributed by atoms with van der Waals surface area (Å²) >= 11 is 9.84. The van der Waals surface area contributed by atoms with Crippen LogP contribution in [0.25, 0.3) is 0 Å². The number of ether oxygens (including phenoxy) is 2. The van der Waals surface area contributed by atoms with Crippen molar-refractivity contribution in [3.05, 3.63) is 51.0 Å². The Kier molecular flexibility index (Phi) is 7.99. The Morgan fingerprint density at radius 3 is 2.56 bits per heavy atom. The van der Waals surface area contributed by atoms with E-state index in [1.54, 1.807) is 12.1 Å². The van der Waals surface area contributed by atoms with E-state index in [9.17, 15) is 4.79 Å². The molecule has 0 saturated carbocycles. The molecule has 4 nitrogen and oxygen atoms in total. The lowest BCUT2D eigenvalue weighted by atomic mass is 10.0. The number of hydrogen-bond acceptors (Lipinski definition) is 3. The summed E-state index contributed by atoms with van der Waals surface area (Å²) in [7, 11) is 0. The van der Waals surface area contributed by atoms with Crippen molar-refractivity contribution in [2.75, 3.05) is 18.5 Å². The van der Waals surface area contributed by atoms with E-state index < -0.39 is 0 Å². The Morgan fingerprint density at radius 2 is 1.93 bits per heavy atom. The Balaban J connectivity index is 2.34. The van der Waals surface area contributed by atoms with Crippen LogP contribution in [-0.4, -0.2) is 19.1 Å². The highest BCUT2D eigenvalue weighted by atomic mass is 79.9. The van der Waals surface area contributed by atoms with Gasteiger partial charge in [0.1, 0.15) is 0 Å². The zero-order valence-corrected chi connectivity index (χ0v) is 18.4. The Labute approximate surface area is 174 Å². The number of nitrogens with one attached hydrogen (secondary N) is 1. The van der Waals surface area contributed by atoms with Gasteiger partial charge in [0.2, 0.25) is 0 Å². The van der Waals surface area contributed by atoms with Crippen molar-refractivity contribution in [3.8, 4) is 11.5 Å². The largest absolute Gasteiger partial charge is 0.490 e. The molecule has 0 atom stereocenters. The highest BCUT2D eigenvalue weighted by molar-refractivity contribution is 9.10. The van der Waals surface area contributed by atoms with E-state index in [1.165, 1.54) is 0 Å². The van der Waals surface area contributed by atoms with Crippen LogP contribution in [0.15, 0.2) is 34.8 Å². The van der Waals surface area contributed by atoms with E-state index in [0.717, 1.165) is 22.1 Å². The van der Waals surface area contributed by atoms with Gasteiger partial charge in [-0.15, -0.1) is 0 Å². The smallest absolute Gasteiger partial charge is 0.255 e. The highest BCUT2D eigenvalue weighted by Gasteiger charge is 2.18. The third kappa shape index (κ3) is 5.63. The number of hydrogen-bond donors (Lipinski definition) is 1. The summed E-state index contributed by atoms with van der Waals surface area (Å²) in [5.41, 5.74) is 2.25. The second kappa shape index (κ2) is 10.00. The van der Waals surface area contributed by atoms with Gasteiger partial charge in [0.05, 0.1) is 18.2 Å². The summed E-state index contributed by atoms with van der Waals surface area (Å²) in [6.07, 6.45) is 0.853. The molecule has 0 aromatic heterocycles. The monoisotopic (exact) mass is 453 g/mol. The van der Waals surface area contributed by atoms with Crippen LogP contribution in [0, 0.1) is 0 Å². The van der Waals surface area contributed by atoms with Crippen molar-refractivity contribution < 1.29 is 14.3 Å². The molecule has 0 radical (unpaired) electrons. The quantitative estimate of drug-likeness (QED) is 0.485. The number of amides is 1. The van der Waals surface area contributed by atoms with Crippen molar-refractivity contribution in [1.82, 2.24) is 0 Å². The molecule has 0 aliphatic carbocycles. The minimum Gasteiger partial charge on any atom is -0.490 e. The number of benzene rings is 2. The number of carbonyl (C=O) groups excluding carboxylic acids is 1. The van der Waals surface area contributed by atoms with Gasteiger partial charge in [0.15, 0.2) is 11.5 Å². The normalized spacial score (nSPS) is 10.8. The van der Waals surface area contributed by atoms with Crippen molar-refractivity contribution in [1.29, 1.82) is 0 Å². The maximum atomic E-state index is 12.8. The topological polar surface area (TPSA) is 47.6 Å². The van der Waals surface area contributed by atoms with E-state index in [0.29, 0.717) is 35.3 Å². The number of rotatable bonds is 8. The minimum atomic E-state index is -0.246. The van der Waals surface area contributed by atoms with Gasteiger partial charge in [-0.1, -0.05) is 48.3 Å². The fraction of sp³-hybridized carbons (Fsp3) is 0.381. The third-order valence-corrected chi connectivity index (χ3v) is 4.68. The molecule has 1 amide bonds. The van der Waals surface area contributed by atoms with Crippen molar-refractivity contribution in [2.24, 2.45) is 0 Å². The molecule has 0 fully saturated rings. The van der Waals surface area contributed by atoms with E-state index in [4.69, 9.17) is 21.1 Å². The Bertz CT molecular complexity index is 808. The zero-order chi connectivity index (χ0) is 20.0. The molecule has 0 heterocycles. The second-order valence-corrected chi connectivity index (χ2v) is 7.73. The fourth-order valence-corrected chi connectivity index (χ4v) is 3.27. The molecule has 2 aromatic rings. The average Bonchev–Trinajstić information content (AvgIpc) is 2.62. The molecule has 146 valence electrons. The predicted molar refractivity (Wildman–Crippen MR) is 115 cm³/mol. The summed E-state index contributed by atoms with van der Waals surface area (Å²) in [5.74, 6) is 0.973. The summed E-state index contributed by atoms with van der Waals surface area (Å²) in [5, 5.41) is 3.34. The van der Waals surface area contributed by atoms with Crippen LogP contribution < -0.4 is 14.8 Å². The first-order valence-corrected chi connectivity index (χ1v) is 10.2. The summed E-state index contributed by atoms with van der Waals surface area (Å²) in [4.78, 5) is 12.8. The first-order valence-electron chi connectivity index (χ1n) is 9.07. The zero-order valence-electron chi connectivity index (χ0n) is 16.1. The van der Waals surface area contributed by atoms with Gasteiger partial charge in [-0.3, -0.25) is 4.79 Å². The van der Waals surface area contributed by atoms with Crippen LogP contribution >= 0.6 is 27.5 Å². The number of halogens is 2. The molecule has 0 bridgehead atoms. The van der Waals surface area contributed by atoms with E-state index in [-0.39, 0.29) is 11.8 Å². The summed E-state index contributed by atoms with van der Waals surface area (Å²) < 4.78 is 12.3. The van der Waals surface area contributed by atoms with Gasteiger partial charge in [-0.2, -0.15) is 0 Å². The molecule has 27 heavy (non-hydrogen) atoms. The fourth-order valence-electron chi connectivity index (χ4n) is 2.63. The minimum absolute atomic E-state index is 0.246. The Morgan fingerprint density at radius 1 is 1.19 bits per heavy atom. The predicted octanol–water partition coefficient (Wildman–Crippen LogP) is 6.67. The SMILES string of the molecule is CCCOc1c(Cl)cc(C(=O)Nc2ccc(Br)cc2C(C)C)cc1OCC. The molecule has 0 saturated heterocycles. The van der Waals surface area contributed by atoms with Gasteiger partial charge < -0.3 is 14.8 Å². The van der Waals surface area contributed by atoms with Gasteiger partial charge in [0.25, 0.3) is 5.91 Å². The van der Waals surface area contributed by atoms with Gasteiger partial charge in [-0.25, -0.2) is 0 Å². The van der Waals surface area contributed by atoms with Crippen LogP contribution in [-0.2, 0) is 0 Å². The van der Waals surface area contributed by atoms with Crippen molar-refractivity contribution in [2.45, 2.75) is 40.0 Å². The van der Waals surface area contributed by atoms with Crippen LogP contribution in [0.5, 0.6) is 11.5 Å². The molecule has 0 aliphatic rings. The average molecular weight is 455 g/mol. The molecule has 2 aromatic carbocycles. The molecule has 0 aliphatic heterocycles. The van der Waals surface area contributed by atoms with E-state index in [2.05, 4.69) is 35.1 Å². The maximum Gasteiger partial charge on any atom is 0.255 e. The van der Waals surface area contributed by atoms with Gasteiger partial charge >= 0.3 is 0 Å². The molecular formula is C21H25BrClNO3. The molecule has 1 N–H and O–H groups in total. The summed E-state index contributed by atoms with van der Waals surface area (Å²) in [6.45, 7) is 9.04. The third-order valence-electron chi connectivity index (χ3n) is 3.91. The van der Waals surface area contributed by atoms with Crippen LogP contribution in [0.3, 0.4) is 0 Å². The highest BCUT2D eigenvalue weighted by Crippen LogP contribution is 2.37. The lowest BCUT2D eigenvalue weighted by Crippen LogP contribution is -2.14. The molecular weight excluding hydrogens is 430 g/mol.